The maximum Gasteiger partial charge on any atom is 0.239 e. The predicted octanol–water partition coefficient (Wildman–Crippen LogP) is 2.85. The van der Waals surface area contributed by atoms with Crippen molar-refractivity contribution in [2.45, 2.75) is 18.7 Å². The van der Waals surface area contributed by atoms with Crippen LogP contribution in [0.5, 0.6) is 0 Å². The summed E-state index contributed by atoms with van der Waals surface area (Å²) in [5.74, 6) is -1.73. The summed E-state index contributed by atoms with van der Waals surface area (Å²) in [7, 11) is -3.70. The van der Waals surface area contributed by atoms with Gasteiger partial charge >= 0.3 is 0 Å². The third-order valence-corrected chi connectivity index (χ3v) is 4.80. The van der Waals surface area contributed by atoms with Gasteiger partial charge in [-0.2, -0.15) is 0 Å². The van der Waals surface area contributed by atoms with E-state index >= 15 is 0 Å². The summed E-state index contributed by atoms with van der Waals surface area (Å²) in [6.45, 7) is 3.48. The van der Waals surface area contributed by atoms with E-state index < -0.39 is 27.3 Å². The second-order valence-electron chi connectivity index (χ2n) is 5.08. The molecule has 2 aromatic carbocycles. The molecule has 116 valence electrons. The number of carbonyl (C=O) groups is 1. The monoisotopic (exact) mass is 321 g/mol. The minimum atomic E-state index is -3.70. The molecule has 6 heteroatoms. The molecule has 0 aliphatic carbocycles. The molecule has 0 spiro atoms. The third kappa shape index (κ3) is 3.92. The summed E-state index contributed by atoms with van der Waals surface area (Å²) in [6, 6.07) is 10.2. The van der Waals surface area contributed by atoms with Crippen molar-refractivity contribution in [3.63, 3.8) is 0 Å². The fraction of sp³-hybridized carbons (Fsp3) is 0.188. The summed E-state index contributed by atoms with van der Waals surface area (Å²) in [6.07, 6.45) is 0. The zero-order valence-corrected chi connectivity index (χ0v) is 13.1. The highest BCUT2D eigenvalue weighted by molar-refractivity contribution is 7.92. The average Bonchev–Trinajstić information content (AvgIpc) is 2.42. The van der Waals surface area contributed by atoms with Gasteiger partial charge in [-0.05, 0) is 49.7 Å². The number of nitrogens with one attached hydrogen (secondary N) is 1. The fourth-order valence-corrected chi connectivity index (χ4v) is 3.09. The van der Waals surface area contributed by atoms with Crippen LogP contribution in [0.4, 0.5) is 10.1 Å². The molecule has 22 heavy (non-hydrogen) atoms. The van der Waals surface area contributed by atoms with E-state index in [1.54, 1.807) is 19.1 Å². The zero-order chi connectivity index (χ0) is 16.3. The van der Waals surface area contributed by atoms with E-state index in [9.17, 15) is 17.6 Å². The van der Waals surface area contributed by atoms with Crippen LogP contribution in [0.1, 0.15) is 11.1 Å². The van der Waals surface area contributed by atoms with E-state index in [4.69, 9.17) is 0 Å². The van der Waals surface area contributed by atoms with Gasteiger partial charge in [0, 0.05) is 5.69 Å². The van der Waals surface area contributed by atoms with Crippen molar-refractivity contribution in [3.8, 4) is 0 Å². The largest absolute Gasteiger partial charge is 0.325 e. The quantitative estimate of drug-likeness (QED) is 0.942. The van der Waals surface area contributed by atoms with E-state index in [1.807, 2.05) is 6.92 Å². The smallest absolute Gasteiger partial charge is 0.239 e. The van der Waals surface area contributed by atoms with Crippen molar-refractivity contribution >= 4 is 21.4 Å². The number of hydrogen-bond donors (Lipinski definition) is 1. The lowest BCUT2D eigenvalue weighted by atomic mass is 10.2. The van der Waals surface area contributed by atoms with Gasteiger partial charge < -0.3 is 5.32 Å². The van der Waals surface area contributed by atoms with Crippen molar-refractivity contribution in [2.75, 3.05) is 11.1 Å². The highest BCUT2D eigenvalue weighted by atomic mass is 32.2. The van der Waals surface area contributed by atoms with Gasteiger partial charge in [-0.15, -0.1) is 0 Å². The van der Waals surface area contributed by atoms with E-state index in [-0.39, 0.29) is 4.90 Å². The van der Waals surface area contributed by atoms with Gasteiger partial charge in [-0.3, -0.25) is 4.79 Å². The molecule has 0 aliphatic heterocycles. The van der Waals surface area contributed by atoms with E-state index in [2.05, 4.69) is 5.32 Å². The Morgan fingerprint density at radius 2 is 1.73 bits per heavy atom. The number of benzene rings is 2. The number of carbonyl (C=O) groups excluding carboxylic acids is 1. The number of anilines is 1. The van der Waals surface area contributed by atoms with Crippen molar-refractivity contribution in [3.05, 3.63) is 59.4 Å². The van der Waals surface area contributed by atoms with Crippen LogP contribution in [0, 0.1) is 19.7 Å². The predicted molar refractivity (Wildman–Crippen MR) is 83.0 cm³/mol. The molecule has 0 saturated heterocycles. The lowest BCUT2D eigenvalue weighted by Crippen LogP contribution is -2.23. The molecule has 0 atom stereocenters. The zero-order valence-electron chi connectivity index (χ0n) is 12.3. The van der Waals surface area contributed by atoms with E-state index in [1.165, 1.54) is 30.3 Å². The number of amides is 1. The summed E-state index contributed by atoms with van der Waals surface area (Å²) >= 11 is 0. The van der Waals surface area contributed by atoms with Crippen LogP contribution >= 0.6 is 0 Å². The maximum atomic E-state index is 13.0. The van der Waals surface area contributed by atoms with E-state index in [0.717, 1.165) is 5.56 Å². The second kappa shape index (κ2) is 6.27. The first kappa shape index (κ1) is 16.2. The first-order valence-electron chi connectivity index (χ1n) is 6.63. The van der Waals surface area contributed by atoms with Gasteiger partial charge in [0.15, 0.2) is 9.84 Å². The van der Waals surface area contributed by atoms with Crippen molar-refractivity contribution in [2.24, 2.45) is 0 Å². The van der Waals surface area contributed by atoms with Crippen molar-refractivity contribution < 1.29 is 17.6 Å². The van der Waals surface area contributed by atoms with Crippen LogP contribution in [0.2, 0.25) is 0 Å². The standard InChI is InChI=1S/C16H16FNO3S/c1-11-3-6-14(7-4-11)22(20,21)10-16(19)18-15-8-5-13(17)9-12(15)2/h3-9H,10H2,1-2H3,(H,18,19). The van der Waals surface area contributed by atoms with Crippen molar-refractivity contribution in [1.82, 2.24) is 0 Å². The van der Waals surface area contributed by atoms with Gasteiger partial charge in [0.2, 0.25) is 5.91 Å². The topological polar surface area (TPSA) is 63.2 Å². The van der Waals surface area contributed by atoms with E-state index in [0.29, 0.717) is 11.3 Å². The Labute approximate surface area is 128 Å². The molecule has 0 heterocycles. The molecule has 0 radical (unpaired) electrons. The Bertz CT molecular complexity index is 799. The maximum absolute atomic E-state index is 13.0. The molecule has 0 aliphatic rings. The lowest BCUT2D eigenvalue weighted by Gasteiger charge is -2.09. The first-order valence-corrected chi connectivity index (χ1v) is 8.28. The molecule has 2 aromatic rings. The number of halogens is 1. The molecule has 0 fully saturated rings. The van der Waals surface area contributed by atoms with Gasteiger partial charge in [0.1, 0.15) is 11.6 Å². The molecule has 1 amide bonds. The van der Waals surface area contributed by atoms with Crippen LogP contribution < -0.4 is 5.32 Å². The van der Waals surface area contributed by atoms with Crippen LogP contribution in [-0.4, -0.2) is 20.1 Å². The molecule has 4 nitrogen and oxygen atoms in total. The summed E-state index contributed by atoms with van der Waals surface area (Å²) in [5.41, 5.74) is 1.86. The van der Waals surface area contributed by atoms with Gasteiger partial charge in [0.25, 0.3) is 0 Å². The highest BCUT2D eigenvalue weighted by Gasteiger charge is 2.19. The Balaban J connectivity index is 2.12. The lowest BCUT2D eigenvalue weighted by molar-refractivity contribution is -0.113. The van der Waals surface area contributed by atoms with Crippen LogP contribution in [-0.2, 0) is 14.6 Å². The van der Waals surface area contributed by atoms with Gasteiger partial charge in [0.05, 0.1) is 4.90 Å². The Morgan fingerprint density at radius 1 is 1.09 bits per heavy atom. The Morgan fingerprint density at radius 3 is 2.32 bits per heavy atom. The molecule has 0 saturated carbocycles. The average molecular weight is 321 g/mol. The molecule has 0 aromatic heterocycles. The number of aryl methyl sites for hydroxylation is 2. The molecular formula is C16H16FNO3S. The minimum Gasteiger partial charge on any atom is -0.325 e. The summed E-state index contributed by atoms with van der Waals surface area (Å²) in [4.78, 5) is 12.0. The number of hydrogen-bond acceptors (Lipinski definition) is 3. The highest BCUT2D eigenvalue weighted by Crippen LogP contribution is 2.17. The van der Waals surface area contributed by atoms with Gasteiger partial charge in [-0.1, -0.05) is 17.7 Å². The van der Waals surface area contributed by atoms with Gasteiger partial charge in [-0.25, -0.2) is 12.8 Å². The number of sulfone groups is 1. The molecule has 0 bridgehead atoms. The molecule has 0 unspecified atom stereocenters. The molecular weight excluding hydrogens is 305 g/mol. The third-order valence-electron chi connectivity index (χ3n) is 3.16. The molecule has 1 N–H and O–H groups in total. The Kier molecular flexibility index (Phi) is 4.61. The van der Waals surface area contributed by atoms with Crippen molar-refractivity contribution in [1.29, 1.82) is 0 Å². The second-order valence-corrected chi connectivity index (χ2v) is 7.07. The summed E-state index contributed by atoms with van der Waals surface area (Å²) < 4.78 is 37.3. The normalized spacial score (nSPS) is 11.2. The summed E-state index contributed by atoms with van der Waals surface area (Å²) in [5, 5.41) is 2.49. The Hall–Kier alpha value is -2.21. The van der Waals surface area contributed by atoms with Crippen LogP contribution in [0.3, 0.4) is 0 Å². The van der Waals surface area contributed by atoms with Crippen LogP contribution in [0.15, 0.2) is 47.4 Å². The minimum absolute atomic E-state index is 0.101. The molecule has 2 rings (SSSR count). The number of rotatable bonds is 4. The van der Waals surface area contributed by atoms with Crippen LogP contribution in [0.25, 0.3) is 0 Å². The first-order chi connectivity index (χ1) is 10.3. The fourth-order valence-electron chi connectivity index (χ4n) is 1.96. The SMILES string of the molecule is Cc1ccc(S(=O)(=O)CC(=O)Nc2ccc(F)cc2C)cc1.